The number of para-hydroxylation sites is 1. The number of aromatic nitrogens is 3. The molecule has 146 valence electrons. The third-order valence-electron chi connectivity index (χ3n) is 4.47. The molecule has 0 unspecified atom stereocenters. The molecule has 7 nitrogen and oxygen atoms in total. The topological polar surface area (TPSA) is 78.3 Å². The lowest BCUT2D eigenvalue weighted by Gasteiger charge is -2.08. The van der Waals surface area contributed by atoms with E-state index in [0.717, 1.165) is 28.0 Å². The third-order valence-corrected chi connectivity index (χ3v) is 4.47. The average molecular weight is 388 g/mol. The minimum absolute atomic E-state index is 0.220. The summed E-state index contributed by atoms with van der Waals surface area (Å²) in [6, 6.07) is 16.8. The predicted molar refractivity (Wildman–Crippen MR) is 110 cm³/mol. The van der Waals surface area contributed by atoms with Gasteiger partial charge in [-0.05, 0) is 42.8 Å². The number of benzene rings is 2. The van der Waals surface area contributed by atoms with Gasteiger partial charge in [-0.1, -0.05) is 18.2 Å². The third kappa shape index (κ3) is 4.19. The highest BCUT2D eigenvalue weighted by atomic mass is 16.5. The first kappa shape index (κ1) is 18.5. The Kier molecular flexibility index (Phi) is 5.11. The highest BCUT2D eigenvalue weighted by molar-refractivity contribution is 6.03. The first-order valence-electron chi connectivity index (χ1n) is 9.09. The monoisotopic (exact) mass is 388 g/mol. The number of anilines is 1. The van der Waals surface area contributed by atoms with Gasteiger partial charge in [0.1, 0.15) is 11.5 Å². The molecule has 0 atom stereocenters. The van der Waals surface area contributed by atoms with Crippen LogP contribution in [0.5, 0.6) is 11.5 Å². The molecule has 2 heterocycles. The Labute approximate surface area is 167 Å². The van der Waals surface area contributed by atoms with E-state index in [9.17, 15) is 4.79 Å². The number of hydrogen-bond donors (Lipinski definition) is 1. The number of fused-ring (bicyclic) bond motifs is 1. The fourth-order valence-electron chi connectivity index (χ4n) is 2.90. The Hall–Kier alpha value is -3.87. The van der Waals surface area contributed by atoms with Gasteiger partial charge in [-0.2, -0.15) is 5.10 Å². The maximum atomic E-state index is 12.5. The molecule has 29 heavy (non-hydrogen) atoms. The number of methoxy groups -OCH3 is 1. The number of aryl methyl sites for hydroxylation is 1. The van der Waals surface area contributed by atoms with E-state index in [0.29, 0.717) is 11.4 Å². The normalized spacial score (nSPS) is 10.7. The van der Waals surface area contributed by atoms with Crippen molar-refractivity contribution >= 4 is 22.5 Å². The molecule has 0 aliphatic heterocycles. The summed E-state index contributed by atoms with van der Waals surface area (Å²) in [5.74, 6) is 1.21. The van der Waals surface area contributed by atoms with Gasteiger partial charge in [0.15, 0.2) is 12.4 Å². The summed E-state index contributed by atoms with van der Waals surface area (Å²) in [7, 11) is 1.61. The van der Waals surface area contributed by atoms with Gasteiger partial charge >= 0.3 is 0 Å². The first-order chi connectivity index (χ1) is 14.1. The zero-order valence-electron chi connectivity index (χ0n) is 16.1. The Morgan fingerprint density at radius 1 is 1.14 bits per heavy atom. The highest BCUT2D eigenvalue weighted by Crippen LogP contribution is 2.22. The van der Waals surface area contributed by atoms with Crippen molar-refractivity contribution in [1.82, 2.24) is 14.8 Å². The number of rotatable bonds is 6. The first-order valence-corrected chi connectivity index (χ1v) is 9.09. The van der Waals surface area contributed by atoms with Gasteiger partial charge in [-0.15, -0.1) is 0 Å². The predicted octanol–water partition coefficient (Wildman–Crippen LogP) is 4.04. The average Bonchev–Trinajstić information content (AvgIpc) is 3.22. The van der Waals surface area contributed by atoms with Crippen LogP contribution in [0.25, 0.3) is 10.9 Å². The zero-order valence-corrected chi connectivity index (χ0v) is 16.1. The van der Waals surface area contributed by atoms with Crippen molar-refractivity contribution < 1.29 is 14.3 Å². The Morgan fingerprint density at radius 3 is 2.83 bits per heavy atom. The van der Waals surface area contributed by atoms with Gasteiger partial charge in [0.25, 0.3) is 5.91 Å². The fraction of sp³-hybridized carbons (Fsp3) is 0.136. The molecule has 0 radical (unpaired) electrons. The van der Waals surface area contributed by atoms with Crippen LogP contribution in [-0.2, 0) is 6.73 Å². The molecule has 0 spiro atoms. The summed E-state index contributed by atoms with van der Waals surface area (Å²) >= 11 is 0. The fourth-order valence-corrected chi connectivity index (χ4v) is 2.90. The minimum atomic E-state index is -0.311. The SMILES string of the molecule is COc1ccc2cc(NC(=O)c3ccn(COc4ccccc4C)n3)cnc2c1. The van der Waals surface area contributed by atoms with Gasteiger partial charge in [-0.25, -0.2) is 4.68 Å². The molecule has 2 aromatic heterocycles. The van der Waals surface area contributed by atoms with Crippen molar-refractivity contribution in [2.75, 3.05) is 12.4 Å². The molecular formula is C22H20N4O3. The summed E-state index contributed by atoms with van der Waals surface area (Å²) < 4.78 is 12.5. The van der Waals surface area contributed by atoms with E-state index in [-0.39, 0.29) is 12.6 Å². The number of amides is 1. The second-order valence-corrected chi connectivity index (χ2v) is 6.52. The molecule has 2 aromatic carbocycles. The van der Waals surface area contributed by atoms with E-state index >= 15 is 0 Å². The summed E-state index contributed by atoms with van der Waals surface area (Å²) in [4.78, 5) is 16.9. The van der Waals surface area contributed by atoms with Gasteiger partial charge in [0.05, 0.1) is 24.5 Å². The van der Waals surface area contributed by atoms with Crippen LogP contribution in [0, 0.1) is 6.92 Å². The lowest BCUT2D eigenvalue weighted by atomic mass is 10.2. The van der Waals surface area contributed by atoms with Crippen LogP contribution in [0.2, 0.25) is 0 Å². The molecular weight excluding hydrogens is 368 g/mol. The summed E-state index contributed by atoms with van der Waals surface area (Å²) in [6.07, 6.45) is 3.32. The number of carbonyl (C=O) groups excluding carboxylic acids is 1. The molecule has 7 heteroatoms. The van der Waals surface area contributed by atoms with Crippen LogP contribution in [-0.4, -0.2) is 27.8 Å². The summed E-state index contributed by atoms with van der Waals surface area (Å²) in [5.41, 5.74) is 2.73. The standard InChI is InChI=1S/C22H20N4O3/c1-15-5-3-4-6-21(15)29-14-26-10-9-19(25-26)22(27)24-17-11-16-7-8-18(28-2)12-20(16)23-13-17/h3-13H,14H2,1-2H3,(H,24,27). The molecule has 0 saturated carbocycles. The number of hydrogen-bond acceptors (Lipinski definition) is 5. The molecule has 0 aliphatic carbocycles. The molecule has 0 aliphatic rings. The minimum Gasteiger partial charge on any atom is -0.497 e. The zero-order chi connectivity index (χ0) is 20.2. The lowest BCUT2D eigenvalue weighted by molar-refractivity contribution is 0.102. The highest BCUT2D eigenvalue weighted by Gasteiger charge is 2.11. The smallest absolute Gasteiger partial charge is 0.276 e. The van der Waals surface area contributed by atoms with Crippen LogP contribution in [0.4, 0.5) is 5.69 Å². The summed E-state index contributed by atoms with van der Waals surface area (Å²) in [6.45, 7) is 2.20. The van der Waals surface area contributed by atoms with E-state index in [1.165, 1.54) is 0 Å². The molecule has 0 fully saturated rings. The molecule has 1 amide bonds. The maximum Gasteiger partial charge on any atom is 0.276 e. The van der Waals surface area contributed by atoms with Crippen molar-refractivity contribution in [2.45, 2.75) is 13.7 Å². The van der Waals surface area contributed by atoms with E-state index in [2.05, 4.69) is 15.4 Å². The Bertz CT molecular complexity index is 1170. The van der Waals surface area contributed by atoms with Gasteiger partial charge < -0.3 is 14.8 Å². The number of carbonyl (C=O) groups is 1. The van der Waals surface area contributed by atoms with Crippen LogP contribution in [0.15, 0.2) is 67.0 Å². The number of ether oxygens (including phenoxy) is 2. The molecule has 0 bridgehead atoms. The molecule has 4 rings (SSSR count). The van der Waals surface area contributed by atoms with Crippen LogP contribution < -0.4 is 14.8 Å². The van der Waals surface area contributed by atoms with E-state index in [1.807, 2.05) is 55.5 Å². The van der Waals surface area contributed by atoms with Crippen molar-refractivity contribution in [3.63, 3.8) is 0 Å². The van der Waals surface area contributed by atoms with Crippen LogP contribution in [0.1, 0.15) is 16.1 Å². The van der Waals surface area contributed by atoms with E-state index in [4.69, 9.17) is 9.47 Å². The van der Waals surface area contributed by atoms with Crippen LogP contribution >= 0.6 is 0 Å². The van der Waals surface area contributed by atoms with Crippen molar-refractivity contribution in [3.05, 3.63) is 78.2 Å². The number of nitrogens with zero attached hydrogens (tertiary/aromatic N) is 3. The Balaban J connectivity index is 1.42. The van der Waals surface area contributed by atoms with Gasteiger partial charge in [-0.3, -0.25) is 9.78 Å². The van der Waals surface area contributed by atoms with E-state index in [1.54, 1.807) is 30.3 Å². The largest absolute Gasteiger partial charge is 0.497 e. The van der Waals surface area contributed by atoms with Gasteiger partial charge in [0, 0.05) is 17.6 Å². The van der Waals surface area contributed by atoms with Crippen molar-refractivity contribution in [1.29, 1.82) is 0 Å². The number of pyridine rings is 1. The lowest BCUT2D eigenvalue weighted by Crippen LogP contribution is -2.14. The molecule has 4 aromatic rings. The van der Waals surface area contributed by atoms with E-state index < -0.39 is 0 Å². The van der Waals surface area contributed by atoms with Crippen molar-refractivity contribution in [3.8, 4) is 11.5 Å². The number of nitrogens with one attached hydrogen (secondary N) is 1. The molecule has 1 N–H and O–H groups in total. The van der Waals surface area contributed by atoms with Crippen molar-refractivity contribution in [2.24, 2.45) is 0 Å². The summed E-state index contributed by atoms with van der Waals surface area (Å²) in [5, 5.41) is 8.01. The van der Waals surface area contributed by atoms with Crippen LogP contribution in [0.3, 0.4) is 0 Å². The van der Waals surface area contributed by atoms with Gasteiger partial charge in [0.2, 0.25) is 0 Å². The quantitative estimate of drug-likeness (QED) is 0.539. The second-order valence-electron chi connectivity index (χ2n) is 6.52. The Morgan fingerprint density at radius 2 is 2.00 bits per heavy atom. The molecule has 0 saturated heterocycles. The second kappa shape index (κ2) is 8.02. The maximum absolute atomic E-state index is 12.5.